The van der Waals surface area contributed by atoms with E-state index in [1.54, 1.807) is 12.1 Å². The summed E-state index contributed by atoms with van der Waals surface area (Å²) in [6.07, 6.45) is -3.46. The van der Waals surface area contributed by atoms with E-state index in [0.717, 1.165) is 23.9 Å². The van der Waals surface area contributed by atoms with Crippen molar-refractivity contribution >= 4 is 11.7 Å². The molecular weight excluding hydrogens is 305 g/mol. The molecule has 23 heavy (non-hydrogen) atoms. The number of hydrogen-bond donors (Lipinski definition) is 1. The summed E-state index contributed by atoms with van der Waals surface area (Å²) in [5.41, 5.74) is 0.520. The molecule has 2 aromatic rings. The number of alkyl halides is 3. The van der Waals surface area contributed by atoms with Crippen LogP contribution in [0.3, 0.4) is 0 Å². The quantitative estimate of drug-likeness (QED) is 0.874. The summed E-state index contributed by atoms with van der Waals surface area (Å²) >= 11 is 0. The number of hydrogen-bond acceptors (Lipinski definition) is 2. The minimum absolute atomic E-state index is 0.0440. The number of rotatable bonds is 2. The van der Waals surface area contributed by atoms with Crippen LogP contribution < -0.4 is 5.32 Å². The van der Waals surface area contributed by atoms with E-state index in [-0.39, 0.29) is 11.2 Å². The fourth-order valence-electron chi connectivity index (χ4n) is 1.99. The molecule has 1 aromatic heterocycles. The lowest BCUT2D eigenvalue weighted by Gasteiger charge is -2.19. The van der Waals surface area contributed by atoms with Crippen molar-refractivity contribution in [3.8, 4) is 0 Å². The smallest absolute Gasteiger partial charge is 0.307 e. The Bertz CT molecular complexity index is 701. The molecular formula is C17H17F3N2O. The second-order valence-corrected chi connectivity index (χ2v) is 6.21. The van der Waals surface area contributed by atoms with Crippen LogP contribution in [0.4, 0.5) is 19.0 Å². The lowest BCUT2D eigenvalue weighted by Crippen LogP contribution is -2.15. The Hall–Kier alpha value is -2.37. The SMILES string of the molecule is CC(C)(C)c1ccc(C(=O)Nc2cc(C(F)(F)F)ccn2)cc1. The molecule has 0 saturated carbocycles. The Labute approximate surface area is 132 Å². The number of carbonyl (C=O) groups excluding carboxylic acids is 1. The molecule has 0 aliphatic carbocycles. The highest BCUT2D eigenvalue weighted by Gasteiger charge is 2.30. The number of anilines is 1. The molecule has 2 rings (SSSR count). The summed E-state index contributed by atoms with van der Waals surface area (Å²) in [6.45, 7) is 6.15. The first-order valence-electron chi connectivity index (χ1n) is 7.02. The maximum Gasteiger partial charge on any atom is 0.416 e. The number of aromatic nitrogens is 1. The van der Waals surface area contributed by atoms with Gasteiger partial charge in [0.05, 0.1) is 5.56 Å². The van der Waals surface area contributed by atoms with E-state index < -0.39 is 17.6 Å². The Morgan fingerprint density at radius 2 is 1.61 bits per heavy atom. The van der Waals surface area contributed by atoms with Gasteiger partial charge in [-0.25, -0.2) is 4.98 Å². The molecule has 0 aliphatic heterocycles. The first-order valence-corrected chi connectivity index (χ1v) is 7.02. The number of pyridine rings is 1. The van der Waals surface area contributed by atoms with Gasteiger partial charge < -0.3 is 5.32 Å². The number of amides is 1. The third-order valence-corrected chi connectivity index (χ3v) is 3.34. The number of nitrogens with zero attached hydrogens (tertiary/aromatic N) is 1. The van der Waals surface area contributed by atoms with Gasteiger partial charge in [0, 0.05) is 11.8 Å². The van der Waals surface area contributed by atoms with E-state index in [2.05, 4.69) is 31.1 Å². The predicted octanol–water partition coefficient (Wildman–Crippen LogP) is 4.65. The zero-order chi connectivity index (χ0) is 17.3. The van der Waals surface area contributed by atoms with Crippen LogP contribution in [0.2, 0.25) is 0 Å². The second kappa shape index (κ2) is 6.02. The molecule has 122 valence electrons. The van der Waals surface area contributed by atoms with Crippen molar-refractivity contribution in [1.82, 2.24) is 4.98 Å². The van der Waals surface area contributed by atoms with E-state index in [9.17, 15) is 18.0 Å². The number of benzene rings is 1. The van der Waals surface area contributed by atoms with Crippen LogP contribution in [0.5, 0.6) is 0 Å². The third kappa shape index (κ3) is 4.31. The van der Waals surface area contributed by atoms with Crippen molar-refractivity contribution in [2.24, 2.45) is 0 Å². The van der Waals surface area contributed by atoms with Gasteiger partial charge in [-0.2, -0.15) is 13.2 Å². The van der Waals surface area contributed by atoms with Crippen molar-refractivity contribution in [2.75, 3.05) is 5.32 Å². The van der Waals surface area contributed by atoms with Gasteiger partial charge in [0.25, 0.3) is 5.91 Å². The van der Waals surface area contributed by atoms with E-state index in [1.165, 1.54) is 0 Å². The standard InChI is InChI=1S/C17H17F3N2O/c1-16(2,3)12-6-4-11(5-7-12)15(23)22-14-10-13(8-9-21-14)17(18,19)20/h4-10H,1-3H3,(H,21,22,23). The van der Waals surface area contributed by atoms with E-state index in [4.69, 9.17) is 0 Å². The predicted molar refractivity (Wildman–Crippen MR) is 82.3 cm³/mol. The van der Waals surface area contributed by atoms with Gasteiger partial charge in [-0.1, -0.05) is 32.9 Å². The van der Waals surface area contributed by atoms with E-state index in [1.807, 2.05) is 12.1 Å². The molecule has 0 fully saturated rings. The Morgan fingerprint density at radius 3 is 2.13 bits per heavy atom. The normalized spacial score (nSPS) is 12.1. The molecule has 6 heteroatoms. The first kappa shape index (κ1) is 17.0. The molecule has 1 aromatic carbocycles. The van der Waals surface area contributed by atoms with E-state index in [0.29, 0.717) is 5.56 Å². The summed E-state index contributed by atoms with van der Waals surface area (Å²) in [7, 11) is 0. The molecule has 0 radical (unpaired) electrons. The molecule has 0 bridgehead atoms. The van der Waals surface area contributed by atoms with Gasteiger partial charge in [0.1, 0.15) is 5.82 Å². The largest absolute Gasteiger partial charge is 0.416 e. The lowest BCUT2D eigenvalue weighted by atomic mass is 9.87. The van der Waals surface area contributed by atoms with Gasteiger partial charge in [0.2, 0.25) is 0 Å². The number of carbonyl (C=O) groups is 1. The van der Waals surface area contributed by atoms with Crippen molar-refractivity contribution < 1.29 is 18.0 Å². The van der Waals surface area contributed by atoms with Gasteiger partial charge in [-0.05, 0) is 35.2 Å². The van der Waals surface area contributed by atoms with Gasteiger partial charge in [-0.15, -0.1) is 0 Å². The van der Waals surface area contributed by atoms with Crippen LogP contribution in [-0.2, 0) is 11.6 Å². The number of halogens is 3. The van der Waals surface area contributed by atoms with Crippen LogP contribution in [-0.4, -0.2) is 10.9 Å². The minimum Gasteiger partial charge on any atom is -0.307 e. The lowest BCUT2D eigenvalue weighted by molar-refractivity contribution is -0.137. The summed E-state index contributed by atoms with van der Waals surface area (Å²) in [4.78, 5) is 15.8. The van der Waals surface area contributed by atoms with Crippen molar-refractivity contribution in [1.29, 1.82) is 0 Å². The summed E-state index contributed by atoms with van der Waals surface area (Å²) < 4.78 is 37.9. The number of nitrogens with one attached hydrogen (secondary N) is 1. The molecule has 0 unspecified atom stereocenters. The molecule has 0 saturated heterocycles. The molecule has 0 atom stereocenters. The highest BCUT2D eigenvalue weighted by Crippen LogP contribution is 2.30. The third-order valence-electron chi connectivity index (χ3n) is 3.34. The maximum absolute atomic E-state index is 12.6. The molecule has 3 nitrogen and oxygen atoms in total. The summed E-state index contributed by atoms with van der Waals surface area (Å²) in [5.74, 6) is -0.637. The van der Waals surface area contributed by atoms with Crippen LogP contribution in [0.25, 0.3) is 0 Å². The average Bonchev–Trinajstić information content (AvgIpc) is 2.46. The summed E-state index contributed by atoms with van der Waals surface area (Å²) in [5, 5.41) is 2.38. The fourth-order valence-corrected chi connectivity index (χ4v) is 1.99. The Morgan fingerprint density at radius 1 is 1.00 bits per heavy atom. The van der Waals surface area contributed by atoms with Gasteiger partial charge >= 0.3 is 6.18 Å². The van der Waals surface area contributed by atoms with Crippen molar-refractivity contribution in [2.45, 2.75) is 32.4 Å². The second-order valence-electron chi connectivity index (χ2n) is 6.21. The molecule has 0 spiro atoms. The van der Waals surface area contributed by atoms with Crippen molar-refractivity contribution in [3.05, 3.63) is 59.3 Å². The summed E-state index contributed by atoms with van der Waals surface area (Å²) in [6, 6.07) is 8.60. The molecule has 1 N–H and O–H groups in total. The maximum atomic E-state index is 12.6. The Balaban J connectivity index is 2.16. The first-order chi connectivity index (χ1) is 10.6. The molecule has 1 amide bonds. The molecule has 1 heterocycles. The zero-order valence-electron chi connectivity index (χ0n) is 13.0. The topological polar surface area (TPSA) is 42.0 Å². The highest BCUT2D eigenvalue weighted by molar-refractivity contribution is 6.03. The van der Waals surface area contributed by atoms with Crippen LogP contribution in [0.1, 0.15) is 42.3 Å². The monoisotopic (exact) mass is 322 g/mol. The van der Waals surface area contributed by atoms with Crippen molar-refractivity contribution in [3.63, 3.8) is 0 Å². The molecule has 0 aliphatic rings. The zero-order valence-corrected chi connectivity index (χ0v) is 13.0. The van der Waals surface area contributed by atoms with Gasteiger partial charge in [0.15, 0.2) is 0 Å². The Kier molecular flexibility index (Phi) is 4.45. The highest BCUT2D eigenvalue weighted by atomic mass is 19.4. The van der Waals surface area contributed by atoms with Crippen LogP contribution >= 0.6 is 0 Å². The van der Waals surface area contributed by atoms with Crippen LogP contribution in [0, 0.1) is 0 Å². The van der Waals surface area contributed by atoms with E-state index >= 15 is 0 Å². The van der Waals surface area contributed by atoms with Gasteiger partial charge in [-0.3, -0.25) is 4.79 Å². The minimum atomic E-state index is -4.48. The average molecular weight is 322 g/mol. The van der Waals surface area contributed by atoms with Crippen LogP contribution in [0.15, 0.2) is 42.6 Å². The fraction of sp³-hybridized carbons (Fsp3) is 0.294.